The molecule has 0 saturated heterocycles. The highest BCUT2D eigenvalue weighted by Gasteiger charge is 2.29. The number of aliphatic hydroxyl groups excluding tert-OH is 1. The Morgan fingerprint density at radius 3 is 2.76 bits per heavy atom. The van der Waals surface area contributed by atoms with Gasteiger partial charge in [0.25, 0.3) is 0 Å². The van der Waals surface area contributed by atoms with Crippen molar-refractivity contribution in [2.24, 2.45) is 5.41 Å². The molecule has 0 aliphatic heterocycles. The highest BCUT2D eigenvalue weighted by Crippen LogP contribution is 2.33. The minimum absolute atomic E-state index is 0.654. The van der Waals surface area contributed by atoms with E-state index in [-0.39, 0.29) is 0 Å². The molecule has 0 spiro atoms. The Morgan fingerprint density at radius 2 is 2.18 bits per heavy atom. The zero-order valence-electron chi connectivity index (χ0n) is 10.6. The second-order valence-electron chi connectivity index (χ2n) is 4.66. The lowest BCUT2D eigenvalue weighted by Crippen LogP contribution is -2.19. The van der Waals surface area contributed by atoms with Gasteiger partial charge in [0.2, 0.25) is 0 Å². The molecular formula is C14H19NO2. The van der Waals surface area contributed by atoms with Crippen molar-refractivity contribution in [3.63, 3.8) is 0 Å². The summed E-state index contributed by atoms with van der Waals surface area (Å²) in [7, 11) is 0. The number of rotatable bonds is 5. The summed E-state index contributed by atoms with van der Waals surface area (Å²) in [4.78, 5) is 0. The van der Waals surface area contributed by atoms with Crippen LogP contribution in [0, 0.1) is 16.7 Å². The third-order valence-electron chi connectivity index (χ3n) is 2.62. The van der Waals surface area contributed by atoms with Crippen molar-refractivity contribution in [3.05, 3.63) is 29.8 Å². The van der Waals surface area contributed by atoms with E-state index in [0.29, 0.717) is 12.2 Å². The van der Waals surface area contributed by atoms with Crippen molar-refractivity contribution in [2.75, 3.05) is 6.61 Å². The lowest BCUT2D eigenvalue weighted by molar-refractivity contribution is 0.0865. The quantitative estimate of drug-likeness (QED) is 0.850. The molecule has 0 heterocycles. The van der Waals surface area contributed by atoms with Crippen molar-refractivity contribution in [3.8, 4) is 11.8 Å². The largest absolute Gasteiger partial charge is 0.494 e. The van der Waals surface area contributed by atoms with Crippen molar-refractivity contribution < 1.29 is 9.84 Å². The molecule has 0 amide bonds. The van der Waals surface area contributed by atoms with E-state index in [4.69, 9.17) is 10.00 Å². The van der Waals surface area contributed by atoms with Crippen molar-refractivity contribution in [1.82, 2.24) is 0 Å². The SMILES string of the molecule is CCCOc1cccc(C(O)C(C)(C)C#N)c1. The lowest BCUT2D eigenvalue weighted by atomic mass is 9.84. The zero-order valence-corrected chi connectivity index (χ0v) is 10.6. The normalized spacial score (nSPS) is 12.9. The first kappa shape index (κ1) is 13.5. The molecule has 1 rings (SSSR count). The summed E-state index contributed by atoms with van der Waals surface area (Å²) in [5.41, 5.74) is -0.0891. The molecule has 1 aromatic rings. The number of nitrogens with zero attached hydrogens (tertiary/aromatic N) is 1. The summed E-state index contributed by atoms with van der Waals surface area (Å²) in [5, 5.41) is 19.1. The number of benzene rings is 1. The minimum Gasteiger partial charge on any atom is -0.494 e. The summed E-state index contributed by atoms with van der Waals surface area (Å²) in [6, 6.07) is 9.39. The van der Waals surface area contributed by atoms with Gasteiger partial charge in [0, 0.05) is 0 Å². The molecule has 0 aliphatic rings. The van der Waals surface area contributed by atoms with E-state index in [9.17, 15) is 5.11 Å². The van der Waals surface area contributed by atoms with E-state index in [1.807, 2.05) is 25.1 Å². The maximum Gasteiger partial charge on any atom is 0.119 e. The fourth-order valence-electron chi connectivity index (χ4n) is 1.47. The van der Waals surface area contributed by atoms with Crippen LogP contribution < -0.4 is 4.74 Å². The molecule has 0 aliphatic carbocycles. The van der Waals surface area contributed by atoms with Gasteiger partial charge in [-0.25, -0.2) is 0 Å². The first-order chi connectivity index (χ1) is 8.01. The van der Waals surface area contributed by atoms with Crippen LogP contribution in [0.25, 0.3) is 0 Å². The summed E-state index contributed by atoms with van der Waals surface area (Å²) in [5.74, 6) is 0.733. The second-order valence-corrected chi connectivity index (χ2v) is 4.66. The van der Waals surface area contributed by atoms with Crippen LogP contribution in [0.4, 0.5) is 0 Å². The van der Waals surface area contributed by atoms with Crippen LogP contribution in [0.15, 0.2) is 24.3 Å². The number of hydrogen-bond donors (Lipinski definition) is 1. The van der Waals surface area contributed by atoms with Crippen molar-refractivity contribution >= 4 is 0 Å². The molecule has 1 atom stereocenters. The number of hydrogen-bond acceptors (Lipinski definition) is 3. The zero-order chi connectivity index (χ0) is 12.9. The molecule has 0 fully saturated rings. The van der Waals surface area contributed by atoms with E-state index >= 15 is 0 Å². The van der Waals surface area contributed by atoms with Gasteiger partial charge >= 0.3 is 0 Å². The third kappa shape index (κ3) is 3.47. The van der Waals surface area contributed by atoms with Gasteiger partial charge in [0.1, 0.15) is 5.75 Å². The molecule has 0 bridgehead atoms. The Morgan fingerprint density at radius 1 is 1.47 bits per heavy atom. The molecular weight excluding hydrogens is 214 g/mol. The highest BCUT2D eigenvalue weighted by atomic mass is 16.5. The first-order valence-corrected chi connectivity index (χ1v) is 5.83. The molecule has 1 unspecified atom stereocenters. The maximum atomic E-state index is 10.1. The lowest BCUT2D eigenvalue weighted by Gasteiger charge is -2.23. The Labute approximate surface area is 103 Å². The van der Waals surface area contributed by atoms with Crippen LogP contribution in [-0.4, -0.2) is 11.7 Å². The summed E-state index contributed by atoms with van der Waals surface area (Å²) < 4.78 is 5.50. The van der Waals surface area contributed by atoms with Crippen molar-refractivity contribution in [1.29, 1.82) is 5.26 Å². The standard InChI is InChI=1S/C14H19NO2/c1-4-8-17-12-7-5-6-11(9-12)13(16)14(2,3)10-15/h5-7,9,13,16H,4,8H2,1-3H3. The van der Waals surface area contributed by atoms with Gasteiger partial charge in [-0.2, -0.15) is 5.26 Å². The third-order valence-corrected chi connectivity index (χ3v) is 2.62. The number of nitriles is 1. The second kappa shape index (κ2) is 5.70. The smallest absolute Gasteiger partial charge is 0.119 e. The molecule has 0 radical (unpaired) electrons. The monoisotopic (exact) mass is 233 g/mol. The summed E-state index contributed by atoms with van der Waals surface area (Å²) in [6.07, 6.45) is 0.133. The van der Waals surface area contributed by atoms with E-state index in [0.717, 1.165) is 12.2 Å². The van der Waals surface area contributed by atoms with Gasteiger partial charge in [-0.05, 0) is 38.0 Å². The van der Waals surface area contributed by atoms with E-state index in [2.05, 4.69) is 6.07 Å². The fourth-order valence-corrected chi connectivity index (χ4v) is 1.47. The summed E-state index contributed by atoms with van der Waals surface area (Å²) >= 11 is 0. The molecule has 1 N–H and O–H groups in total. The molecule has 17 heavy (non-hydrogen) atoms. The average Bonchev–Trinajstić information content (AvgIpc) is 2.35. The van der Waals surface area contributed by atoms with Crippen LogP contribution >= 0.6 is 0 Å². The van der Waals surface area contributed by atoms with Gasteiger partial charge in [0.15, 0.2) is 0 Å². The average molecular weight is 233 g/mol. The molecule has 3 heteroatoms. The highest BCUT2D eigenvalue weighted by molar-refractivity contribution is 5.31. The van der Waals surface area contributed by atoms with Crippen LogP contribution in [-0.2, 0) is 0 Å². The molecule has 0 aromatic heterocycles. The maximum absolute atomic E-state index is 10.1. The van der Waals surface area contributed by atoms with Crippen LogP contribution in [0.3, 0.4) is 0 Å². The van der Waals surface area contributed by atoms with Gasteiger partial charge in [-0.1, -0.05) is 19.1 Å². The van der Waals surface area contributed by atoms with Gasteiger partial charge in [0.05, 0.1) is 24.2 Å². The van der Waals surface area contributed by atoms with Crippen LogP contribution in [0.5, 0.6) is 5.75 Å². The Balaban J connectivity index is 2.88. The van der Waals surface area contributed by atoms with Crippen LogP contribution in [0.2, 0.25) is 0 Å². The molecule has 1 aromatic carbocycles. The van der Waals surface area contributed by atoms with Gasteiger partial charge < -0.3 is 9.84 Å². The Bertz CT molecular complexity index is 407. The first-order valence-electron chi connectivity index (χ1n) is 5.83. The van der Waals surface area contributed by atoms with E-state index in [1.54, 1.807) is 19.9 Å². The van der Waals surface area contributed by atoms with Crippen molar-refractivity contribution in [2.45, 2.75) is 33.3 Å². The minimum atomic E-state index is -0.808. The predicted octanol–water partition coefficient (Wildman–Crippen LogP) is 3.06. The fraction of sp³-hybridized carbons (Fsp3) is 0.500. The molecule has 3 nitrogen and oxygen atoms in total. The number of ether oxygens (including phenoxy) is 1. The van der Waals surface area contributed by atoms with E-state index in [1.165, 1.54) is 0 Å². The van der Waals surface area contributed by atoms with Gasteiger partial charge in [-0.15, -0.1) is 0 Å². The van der Waals surface area contributed by atoms with Crippen LogP contribution in [0.1, 0.15) is 38.9 Å². The Hall–Kier alpha value is -1.53. The topological polar surface area (TPSA) is 53.2 Å². The van der Waals surface area contributed by atoms with E-state index < -0.39 is 11.5 Å². The molecule has 92 valence electrons. The molecule has 0 saturated carbocycles. The number of aliphatic hydroxyl groups is 1. The Kier molecular flexibility index (Phi) is 4.53. The van der Waals surface area contributed by atoms with Gasteiger partial charge in [-0.3, -0.25) is 0 Å². The predicted molar refractivity (Wildman–Crippen MR) is 66.6 cm³/mol. The summed E-state index contributed by atoms with van der Waals surface area (Å²) in [6.45, 7) is 6.13.